The molecule has 3 rings (SSSR count). The Kier molecular flexibility index (Phi) is 4.94. The van der Waals surface area contributed by atoms with E-state index in [4.69, 9.17) is 15.2 Å². The summed E-state index contributed by atoms with van der Waals surface area (Å²) >= 11 is 0. The second-order valence-electron chi connectivity index (χ2n) is 5.91. The molecule has 1 aromatic heterocycles. The molecular weight excluding hydrogens is 282 g/mol. The molecule has 0 amide bonds. The number of nitrogens with one attached hydrogen (secondary N) is 1. The van der Waals surface area contributed by atoms with E-state index in [1.165, 1.54) is 0 Å². The van der Waals surface area contributed by atoms with Gasteiger partial charge in [0.25, 0.3) is 0 Å². The predicted octanol–water partition coefficient (Wildman–Crippen LogP) is 1.04. The Morgan fingerprint density at radius 3 is 2.55 bits per heavy atom. The molecule has 2 aliphatic rings. The van der Waals surface area contributed by atoms with Crippen molar-refractivity contribution >= 4 is 17.5 Å². The predicted molar refractivity (Wildman–Crippen MR) is 86.2 cm³/mol. The Bertz CT molecular complexity index is 499. The van der Waals surface area contributed by atoms with Gasteiger partial charge in [-0.25, -0.2) is 4.98 Å². The molecule has 122 valence electrons. The van der Waals surface area contributed by atoms with E-state index in [2.05, 4.69) is 20.2 Å². The van der Waals surface area contributed by atoms with Gasteiger partial charge in [-0.2, -0.15) is 4.98 Å². The number of anilines is 3. The van der Waals surface area contributed by atoms with E-state index in [9.17, 15) is 0 Å². The minimum atomic E-state index is 0.627. The zero-order valence-electron chi connectivity index (χ0n) is 13.2. The van der Waals surface area contributed by atoms with Crippen molar-refractivity contribution in [2.24, 2.45) is 5.92 Å². The van der Waals surface area contributed by atoms with Crippen molar-refractivity contribution < 1.29 is 9.47 Å². The largest absolute Gasteiger partial charge is 0.394 e. The number of hydrogen-bond acceptors (Lipinski definition) is 7. The Morgan fingerprint density at radius 1 is 1.14 bits per heavy atom. The van der Waals surface area contributed by atoms with Crippen LogP contribution in [0.1, 0.15) is 18.5 Å². The number of nitrogens with two attached hydrogens (primary N) is 1. The summed E-state index contributed by atoms with van der Waals surface area (Å²) in [4.78, 5) is 11.3. The van der Waals surface area contributed by atoms with Gasteiger partial charge < -0.3 is 25.4 Å². The molecule has 0 aliphatic carbocycles. The molecule has 0 unspecified atom stereocenters. The van der Waals surface area contributed by atoms with Crippen molar-refractivity contribution in [2.45, 2.75) is 19.8 Å². The van der Waals surface area contributed by atoms with Crippen molar-refractivity contribution in [1.82, 2.24) is 9.97 Å². The van der Waals surface area contributed by atoms with Crippen LogP contribution in [0.4, 0.5) is 17.5 Å². The summed E-state index contributed by atoms with van der Waals surface area (Å²) < 4.78 is 10.8. The third-order valence-corrected chi connectivity index (χ3v) is 4.32. The van der Waals surface area contributed by atoms with E-state index in [1.54, 1.807) is 0 Å². The average Bonchev–Trinajstić information content (AvgIpc) is 2.57. The van der Waals surface area contributed by atoms with Crippen LogP contribution in [0.5, 0.6) is 0 Å². The molecule has 7 heteroatoms. The van der Waals surface area contributed by atoms with Crippen LogP contribution < -0.4 is 16.0 Å². The fraction of sp³-hybridized carbons (Fsp3) is 0.733. The molecule has 0 spiro atoms. The molecule has 3 N–H and O–H groups in total. The van der Waals surface area contributed by atoms with Gasteiger partial charge in [0.1, 0.15) is 0 Å². The lowest BCUT2D eigenvalue weighted by molar-refractivity contribution is 0.0699. The summed E-state index contributed by atoms with van der Waals surface area (Å²) in [5.41, 5.74) is 7.66. The molecule has 0 aromatic carbocycles. The number of nitrogen functional groups attached to an aromatic ring is 1. The zero-order valence-corrected chi connectivity index (χ0v) is 13.2. The van der Waals surface area contributed by atoms with Gasteiger partial charge in [0.15, 0.2) is 5.82 Å². The molecular formula is C15H25N5O2. The van der Waals surface area contributed by atoms with Crippen molar-refractivity contribution in [3.05, 3.63) is 5.69 Å². The van der Waals surface area contributed by atoms with Crippen molar-refractivity contribution in [3.8, 4) is 0 Å². The minimum absolute atomic E-state index is 0.627. The first-order valence-electron chi connectivity index (χ1n) is 8.02. The van der Waals surface area contributed by atoms with E-state index in [0.717, 1.165) is 57.2 Å². The van der Waals surface area contributed by atoms with Gasteiger partial charge in [-0.05, 0) is 25.7 Å². The molecule has 2 aliphatic heterocycles. The van der Waals surface area contributed by atoms with Gasteiger partial charge in [0.05, 0.1) is 24.6 Å². The summed E-state index contributed by atoms with van der Waals surface area (Å²) in [6.07, 6.45) is 2.19. The maximum Gasteiger partial charge on any atom is 0.225 e. The van der Waals surface area contributed by atoms with Crippen molar-refractivity contribution in [2.75, 3.05) is 62.0 Å². The van der Waals surface area contributed by atoms with Crippen molar-refractivity contribution in [1.29, 1.82) is 0 Å². The topological polar surface area (TPSA) is 85.5 Å². The normalized spacial score (nSPS) is 20.1. The standard InChI is InChI=1S/C15H25N5O2/c1-11-13(16)14(20-4-8-22-9-5-20)19-15(18-11)17-10-12-2-6-21-7-3-12/h12H,2-10,16H2,1H3,(H,17,18,19). The molecule has 0 saturated carbocycles. The van der Waals surface area contributed by atoms with E-state index in [1.807, 2.05) is 6.92 Å². The van der Waals surface area contributed by atoms with Gasteiger partial charge >= 0.3 is 0 Å². The molecule has 3 heterocycles. The summed E-state index contributed by atoms with van der Waals surface area (Å²) in [5.74, 6) is 2.12. The smallest absolute Gasteiger partial charge is 0.225 e. The van der Waals surface area contributed by atoms with E-state index < -0.39 is 0 Å². The fourth-order valence-corrected chi connectivity index (χ4v) is 2.85. The third-order valence-electron chi connectivity index (χ3n) is 4.32. The Hall–Kier alpha value is -1.60. The van der Waals surface area contributed by atoms with Crippen LogP contribution in [0.15, 0.2) is 0 Å². The SMILES string of the molecule is Cc1nc(NCC2CCOCC2)nc(N2CCOCC2)c1N. The number of morpholine rings is 1. The van der Waals surface area contributed by atoms with E-state index in [-0.39, 0.29) is 0 Å². The van der Waals surface area contributed by atoms with Crippen molar-refractivity contribution in [3.63, 3.8) is 0 Å². The van der Waals surface area contributed by atoms with Crippen LogP contribution in [0.3, 0.4) is 0 Å². The first-order chi connectivity index (χ1) is 10.7. The number of aromatic nitrogens is 2. The Balaban J connectivity index is 1.69. The van der Waals surface area contributed by atoms with Crippen LogP contribution in [0.25, 0.3) is 0 Å². The van der Waals surface area contributed by atoms with Gasteiger partial charge in [-0.15, -0.1) is 0 Å². The van der Waals surface area contributed by atoms with Crippen LogP contribution in [-0.4, -0.2) is 56.0 Å². The van der Waals surface area contributed by atoms with Gasteiger partial charge in [-0.1, -0.05) is 0 Å². The number of nitrogens with zero attached hydrogens (tertiary/aromatic N) is 3. The van der Waals surface area contributed by atoms with E-state index >= 15 is 0 Å². The second-order valence-corrected chi connectivity index (χ2v) is 5.91. The minimum Gasteiger partial charge on any atom is -0.394 e. The molecule has 0 bridgehead atoms. The molecule has 0 atom stereocenters. The average molecular weight is 307 g/mol. The highest BCUT2D eigenvalue weighted by Gasteiger charge is 2.19. The third kappa shape index (κ3) is 3.59. The molecule has 2 saturated heterocycles. The van der Waals surface area contributed by atoms with Gasteiger partial charge in [0.2, 0.25) is 5.95 Å². The molecule has 2 fully saturated rings. The second kappa shape index (κ2) is 7.11. The fourth-order valence-electron chi connectivity index (χ4n) is 2.85. The first kappa shape index (κ1) is 15.3. The maximum atomic E-state index is 6.17. The van der Waals surface area contributed by atoms with Gasteiger partial charge in [0, 0.05) is 32.8 Å². The highest BCUT2D eigenvalue weighted by atomic mass is 16.5. The number of aryl methyl sites for hydroxylation is 1. The quantitative estimate of drug-likeness (QED) is 0.859. The van der Waals surface area contributed by atoms with Gasteiger partial charge in [-0.3, -0.25) is 0 Å². The number of rotatable bonds is 4. The lowest BCUT2D eigenvalue weighted by Crippen LogP contribution is -2.37. The monoisotopic (exact) mass is 307 g/mol. The molecule has 0 radical (unpaired) electrons. The lowest BCUT2D eigenvalue weighted by atomic mass is 10.0. The number of ether oxygens (including phenoxy) is 2. The van der Waals surface area contributed by atoms with Crippen LogP contribution >= 0.6 is 0 Å². The van der Waals surface area contributed by atoms with Crippen LogP contribution in [0.2, 0.25) is 0 Å². The summed E-state index contributed by atoms with van der Waals surface area (Å²) in [6, 6.07) is 0. The summed E-state index contributed by atoms with van der Waals surface area (Å²) in [5, 5.41) is 3.37. The highest BCUT2D eigenvalue weighted by Crippen LogP contribution is 2.25. The van der Waals surface area contributed by atoms with Crippen LogP contribution in [-0.2, 0) is 9.47 Å². The lowest BCUT2D eigenvalue weighted by Gasteiger charge is -2.29. The molecule has 1 aromatic rings. The van der Waals surface area contributed by atoms with E-state index in [0.29, 0.717) is 30.8 Å². The summed E-state index contributed by atoms with van der Waals surface area (Å²) in [7, 11) is 0. The first-order valence-corrected chi connectivity index (χ1v) is 8.02. The molecule has 7 nitrogen and oxygen atoms in total. The Morgan fingerprint density at radius 2 is 1.82 bits per heavy atom. The highest BCUT2D eigenvalue weighted by molar-refractivity contribution is 5.67. The number of hydrogen-bond donors (Lipinski definition) is 2. The Labute approximate surface area is 131 Å². The zero-order chi connectivity index (χ0) is 15.4. The maximum absolute atomic E-state index is 6.17. The summed E-state index contributed by atoms with van der Waals surface area (Å²) in [6.45, 7) is 7.59. The molecule has 22 heavy (non-hydrogen) atoms. The van der Waals surface area contributed by atoms with Crippen LogP contribution in [0, 0.1) is 12.8 Å².